The molecule has 4 N–H and O–H groups in total. The highest BCUT2D eigenvalue weighted by molar-refractivity contribution is 7.89. The van der Waals surface area contributed by atoms with Gasteiger partial charge in [0.1, 0.15) is 0 Å². The molecule has 11 nitrogen and oxygen atoms in total. The van der Waals surface area contributed by atoms with E-state index in [2.05, 4.69) is 45.2 Å². The van der Waals surface area contributed by atoms with E-state index in [4.69, 9.17) is 15.2 Å². The van der Waals surface area contributed by atoms with Crippen molar-refractivity contribution in [2.45, 2.75) is 62.9 Å². The van der Waals surface area contributed by atoms with E-state index >= 15 is 0 Å². The van der Waals surface area contributed by atoms with Crippen LogP contribution in [0.15, 0.2) is 12.1 Å². The Morgan fingerprint density at radius 2 is 1.89 bits per heavy atom. The summed E-state index contributed by atoms with van der Waals surface area (Å²) in [4.78, 5) is 10.7. The number of fused-ring (bicyclic) bond motifs is 3. The molecule has 0 aliphatic carbocycles. The molecule has 0 aromatic carbocycles. The molecule has 3 aliphatic heterocycles. The number of anilines is 3. The van der Waals surface area contributed by atoms with Crippen molar-refractivity contribution in [3.05, 3.63) is 22.7 Å². The second-order valence-electron chi connectivity index (χ2n) is 10.2. The summed E-state index contributed by atoms with van der Waals surface area (Å²) in [6.07, 6.45) is 2.77. The van der Waals surface area contributed by atoms with E-state index in [1.807, 2.05) is 13.0 Å². The van der Waals surface area contributed by atoms with Crippen LogP contribution in [0.2, 0.25) is 0 Å². The number of aryl methyl sites for hydroxylation is 2. The van der Waals surface area contributed by atoms with E-state index in [0.717, 1.165) is 39.4 Å². The summed E-state index contributed by atoms with van der Waals surface area (Å²) in [7, 11) is -3.36. The van der Waals surface area contributed by atoms with E-state index in [9.17, 15) is 8.42 Å². The molecular weight excluding hydrogens is 498 g/mol. The highest BCUT2D eigenvalue weighted by atomic mass is 32.2. The Balaban J connectivity index is 1.16. The first kappa shape index (κ1) is 23.6. The fourth-order valence-corrected chi connectivity index (χ4v) is 8.64. The highest BCUT2D eigenvalue weighted by Crippen LogP contribution is 2.35. The number of sulfonamides is 1. The predicted octanol–water partition coefficient (Wildman–Crippen LogP) is 2.62. The van der Waals surface area contributed by atoms with Gasteiger partial charge in [-0.25, -0.2) is 13.4 Å². The van der Waals surface area contributed by atoms with Gasteiger partial charge in [-0.3, -0.25) is 5.10 Å². The molecule has 36 heavy (non-hydrogen) atoms. The molecule has 3 aromatic rings. The molecule has 0 amide bonds. The predicted molar refractivity (Wildman–Crippen MR) is 139 cm³/mol. The van der Waals surface area contributed by atoms with Gasteiger partial charge < -0.3 is 16.0 Å². The molecule has 3 saturated heterocycles. The van der Waals surface area contributed by atoms with Gasteiger partial charge in [-0.15, -0.1) is 11.3 Å². The largest absolute Gasteiger partial charge is 0.351 e. The Hall–Kier alpha value is -2.79. The standard InChI is InChI=1S/C23H29N9O2S2/c1-12-3-20(31-30-12)28-22-21-19(4-13(2)35-21)27-23(29-22)26-15-5-16-7-18(8-17(6-15)25-16)36(33,34)32-10-14(9-24)11-32/h3-4,14-18,25H,5-8,10-11H2,1-2H3,(H3,26,27,28,29,30,31)/t15?,16-,17+,18?. The van der Waals surface area contributed by atoms with Crippen LogP contribution >= 0.6 is 11.3 Å². The lowest BCUT2D eigenvalue weighted by Gasteiger charge is -2.45. The van der Waals surface area contributed by atoms with Gasteiger partial charge in [0.2, 0.25) is 16.0 Å². The second-order valence-corrected chi connectivity index (χ2v) is 13.7. The zero-order chi connectivity index (χ0) is 25.0. The zero-order valence-electron chi connectivity index (χ0n) is 20.2. The van der Waals surface area contributed by atoms with Crippen LogP contribution in [0.4, 0.5) is 17.6 Å². The molecule has 0 saturated carbocycles. The molecule has 2 unspecified atom stereocenters. The maximum atomic E-state index is 13.1. The second kappa shape index (κ2) is 8.95. The number of rotatable bonds is 6. The van der Waals surface area contributed by atoms with Crippen molar-refractivity contribution in [2.24, 2.45) is 5.92 Å². The third-order valence-corrected chi connectivity index (χ3v) is 10.6. The van der Waals surface area contributed by atoms with Crippen LogP contribution in [-0.4, -0.2) is 69.4 Å². The number of aromatic nitrogens is 4. The van der Waals surface area contributed by atoms with Crippen LogP contribution in [0.25, 0.3) is 10.2 Å². The van der Waals surface area contributed by atoms with E-state index < -0.39 is 10.0 Å². The number of nitriles is 1. The number of nitrogens with one attached hydrogen (secondary N) is 4. The molecule has 3 aromatic heterocycles. The first-order valence-corrected chi connectivity index (χ1v) is 14.6. The van der Waals surface area contributed by atoms with Crippen molar-refractivity contribution < 1.29 is 8.42 Å². The Kier molecular flexibility index (Phi) is 5.87. The number of H-pyrrole nitrogens is 1. The molecule has 4 atom stereocenters. The fourth-order valence-electron chi connectivity index (χ4n) is 5.60. The summed E-state index contributed by atoms with van der Waals surface area (Å²) < 4.78 is 28.7. The van der Waals surface area contributed by atoms with Gasteiger partial charge in [-0.05, 0) is 45.6 Å². The summed E-state index contributed by atoms with van der Waals surface area (Å²) in [6, 6.07) is 6.52. The van der Waals surface area contributed by atoms with Crippen molar-refractivity contribution >= 4 is 49.2 Å². The summed E-state index contributed by atoms with van der Waals surface area (Å²) in [5.74, 6) is 1.82. The van der Waals surface area contributed by atoms with Gasteiger partial charge >= 0.3 is 0 Å². The lowest BCUT2D eigenvalue weighted by Crippen LogP contribution is -2.60. The third-order valence-electron chi connectivity index (χ3n) is 7.30. The summed E-state index contributed by atoms with van der Waals surface area (Å²) in [5.41, 5.74) is 1.85. The van der Waals surface area contributed by atoms with Crippen molar-refractivity contribution in [3.63, 3.8) is 0 Å². The minimum Gasteiger partial charge on any atom is -0.351 e. The minimum atomic E-state index is -3.36. The molecule has 3 aliphatic rings. The molecule has 6 heterocycles. The molecule has 6 rings (SSSR count). The maximum Gasteiger partial charge on any atom is 0.225 e. The van der Waals surface area contributed by atoms with Gasteiger partial charge in [0, 0.05) is 47.9 Å². The SMILES string of the molecule is Cc1cc(Nc2nc(NC3C[C@@H]4CC(S(=O)(=O)N5CC(C#N)C5)C[C@H](C3)N4)nc3cc(C)sc23)n[nH]1. The highest BCUT2D eigenvalue weighted by Gasteiger charge is 2.46. The fraction of sp³-hybridized carbons (Fsp3) is 0.565. The number of nitrogens with zero attached hydrogens (tertiary/aromatic N) is 5. The summed E-state index contributed by atoms with van der Waals surface area (Å²) in [5, 5.41) is 26.3. The molecule has 3 fully saturated rings. The van der Waals surface area contributed by atoms with Gasteiger partial charge in [0.15, 0.2) is 11.6 Å². The number of piperidine rings is 2. The molecule has 190 valence electrons. The van der Waals surface area contributed by atoms with Gasteiger partial charge in [-0.2, -0.15) is 19.6 Å². The Labute approximate surface area is 213 Å². The van der Waals surface area contributed by atoms with Crippen molar-refractivity contribution in [1.82, 2.24) is 29.8 Å². The van der Waals surface area contributed by atoms with Gasteiger partial charge in [0.05, 0.1) is 27.5 Å². The van der Waals surface area contributed by atoms with Crippen LogP contribution in [0.1, 0.15) is 36.3 Å². The van der Waals surface area contributed by atoms with Crippen LogP contribution in [0.5, 0.6) is 0 Å². The smallest absolute Gasteiger partial charge is 0.225 e. The number of aromatic amines is 1. The first-order chi connectivity index (χ1) is 17.3. The number of thiophene rings is 1. The molecule has 0 radical (unpaired) electrons. The molecule has 0 spiro atoms. The van der Waals surface area contributed by atoms with Gasteiger partial charge in [-0.1, -0.05) is 0 Å². The normalized spacial score (nSPS) is 26.9. The maximum absolute atomic E-state index is 13.1. The lowest BCUT2D eigenvalue weighted by atomic mass is 9.84. The topological polar surface area (TPSA) is 152 Å². The van der Waals surface area contributed by atoms with E-state index in [1.54, 1.807) is 11.3 Å². The van der Waals surface area contributed by atoms with E-state index in [-0.39, 0.29) is 29.3 Å². The van der Waals surface area contributed by atoms with E-state index in [1.165, 1.54) is 4.31 Å². The number of hydrogen-bond donors (Lipinski definition) is 4. The van der Waals surface area contributed by atoms with Gasteiger partial charge in [0.25, 0.3) is 0 Å². The summed E-state index contributed by atoms with van der Waals surface area (Å²) in [6.45, 7) is 4.67. The third kappa shape index (κ3) is 4.43. The van der Waals surface area contributed by atoms with Crippen LogP contribution in [0.3, 0.4) is 0 Å². The number of hydrogen-bond acceptors (Lipinski definition) is 10. The Bertz CT molecular complexity index is 1420. The molecule has 13 heteroatoms. The van der Waals surface area contributed by atoms with Crippen LogP contribution in [-0.2, 0) is 10.0 Å². The Morgan fingerprint density at radius 3 is 2.56 bits per heavy atom. The Morgan fingerprint density at radius 1 is 1.14 bits per heavy atom. The lowest BCUT2D eigenvalue weighted by molar-refractivity contribution is 0.211. The van der Waals surface area contributed by atoms with Crippen LogP contribution < -0.4 is 16.0 Å². The average Bonchev–Trinajstić information content (AvgIpc) is 3.36. The average molecular weight is 528 g/mol. The first-order valence-electron chi connectivity index (χ1n) is 12.2. The molecule has 2 bridgehead atoms. The van der Waals surface area contributed by atoms with E-state index in [0.29, 0.717) is 37.7 Å². The van der Waals surface area contributed by atoms with Crippen LogP contribution in [0, 0.1) is 31.1 Å². The van der Waals surface area contributed by atoms with Crippen molar-refractivity contribution in [3.8, 4) is 6.07 Å². The van der Waals surface area contributed by atoms with Crippen molar-refractivity contribution in [1.29, 1.82) is 5.26 Å². The zero-order valence-corrected chi connectivity index (χ0v) is 21.8. The summed E-state index contributed by atoms with van der Waals surface area (Å²) >= 11 is 1.64. The van der Waals surface area contributed by atoms with Crippen molar-refractivity contribution in [2.75, 3.05) is 23.7 Å². The quantitative estimate of drug-likeness (QED) is 0.379. The molecular formula is C23H29N9O2S2. The minimum absolute atomic E-state index is 0.111. The monoisotopic (exact) mass is 527 g/mol.